The molecule has 6 nitrogen and oxygen atoms in total. The van der Waals surface area contributed by atoms with Crippen molar-refractivity contribution in [2.45, 2.75) is 32.1 Å². The molecule has 0 aromatic heterocycles. The van der Waals surface area contributed by atoms with Gasteiger partial charge in [0.2, 0.25) is 5.91 Å². The Hall–Kier alpha value is -2.86. The van der Waals surface area contributed by atoms with Crippen LogP contribution in [0.4, 0.5) is 10.5 Å². The van der Waals surface area contributed by atoms with Crippen LogP contribution in [0.3, 0.4) is 0 Å². The zero-order valence-corrected chi connectivity index (χ0v) is 14.6. The van der Waals surface area contributed by atoms with E-state index in [4.69, 9.17) is 4.74 Å². The van der Waals surface area contributed by atoms with Crippen LogP contribution in [-0.2, 0) is 16.1 Å². The number of nitrogens with zero attached hydrogens (tertiary/aromatic N) is 1. The molecule has 3 rings (SSSR count). The van der Waals surface area contributed by atoms with Crippen molar-refractivity contribution in [1.82, 2.24) is 4.90 Å². The lowest BCUT2D eigenvalue weighted by Crippen LogP contribution is -2.43. The summed E-state index contributed by atoms with van der Waals surface area (Å²) in [6.45, 7) is 2.10. The minimum atomic E-state index is -0.757. The van der Waals surface area contributed by atoms with E-state index in [9.17, 15) is 14.7 Å². The van der Waals surface area contributed by atoms with Crippen LogP contribution in [0.25, 0.3) is 0 Å². The number of carbonyl (C=O) groups is 2. The summed E-state index contributed by atoms with van der Waals surface area (Å²) in [7, 11) is 0. The monoisotopic (exact) mass is 354 g/mol. The molecule has 2 atom stereocenters. The van der Waals surface area contributed by atoms with Gasteiger partial charge in [-0.05, 0) is 24.1 Å². The molecule has 0 saturated carbocycles. The van der Waals surface area contributed by atoms with Crippen LogP contribution in [0.5, 0.6) is 0 Å². The van der Waals surface area contributed by atoms with Crippen LogP contribution in [0, 0.1) is 6.92 Å². The molecular weight excluding hydrogens is 332 g/mol. The van der Waals surface area contributed by atoms with E-state index < -0.39 is 18.2 Å². The summed E-state index contributed by atoms with van der Waals surface area (Å²) in [5.41, 5.74) is 2.48. The third kappa shape index (κ3) is 4.21. The molecule has 1 saturated heterocycles. The average Bonchev–Trinajstić information content (AvgIpc) is 3.04. The summed E-state index contributed by atoms with van der Waals surface area (Å²) in [5, 5.41) is 12.8. The zero-order chi connectivity index (χ0) is 18.5. The summed E-state index contributed by atoms with van der Waals surface area (Å²) in [6.07, 6.45) is -1.15. The van der Waals surface area contributed by atoms with E-state index in [1.165, 1.54) is 4.90 Å². The molecule has 1 fully saturated rings. The molecule has 2 amide bonds. The summed E-state index contributed by atoms with van der Waals surface area (Å²) >= 11 is 0. The molecule has 0 unspecified atom stereocenters. The molecule has 6 heteroatoms. The van der Waals surface area contributed by atoms with Gasteiger partial charge in [0.1, 0.15) is 12.6 Å². The lowest BCUT2D eigenvalue weighted by atomic mass is 10.1. The molecule has 0 spiro atoms. The van der Waals surface area contributed by atoms with Crippen molar-refractivity contribution in [3.63, 3.8) is 0 Å². The summed E-state index contributed by atoms with van der Waals surface area (Å²) < 4.78 is 5.31. The number of para-hydroxylation sites is 1. The summed E-state index contributed by atoms with van der Waals surface area (Å²) in [5.74, 6) is -0.326. The smallest absolute Gasteiger partial charge is 0.410 e. The van der Waals surface area contributed by atoms with Gasteiger partial charge in [0.15, 0.2) is 0 Å². The third-order valence-electron chi connectivity index (χ3n) is 4.42. The Morgan fingerprint density at radius 2 is 1.85 bits per heavy atom. The van der Waals surface area contributed by atoms with E-state index in [1.54, 1.807) is 6.07 Å². The number of amides is 2. The first-order chi connectivity index (χ1) is 12.5. The quantitative estimate of drug-likeness (QED) is 0.885. The van der Waals surface area contributed by atoms with Gasteiger partial charge in [-0.3, -0.25) is 9.69 Å². The van der Waals surface area contributed by atoms with E-state index in [2.05, 4.69) is 5.32 Å². The van der Waals surface area contributed by atoms with Crippen molar-refractivity contribution in [1.29, 1.82) is 0 Å². The number of β-amino-alcohol motifs (C(OH)–C–C–N with tert-alkyl or cyclic N) is 1. The molecule has 2 aromatic carbocycles. The largest absolute Gasteiger partial charge is 0.445 e. The maximum Gasteiger partial charge on any atom is 0.410 e. The molecule has 2 aromatic rings. The second kappa shape index (κ2) is 8.01. The first-order valence-electron chi connectivity index (χ1n) is 8.56. The van der Waals surface area contributed by atoms with Crippen molar-refractivity contribution in [3.05, 3.63) is 65.7 Å². The average molecular weight is 354 g/mol. The molecule has 1 heterocycles. The second-order valence-electron chi connectivity index (χ2n) is 6.40. The number of aliphatic hydroxyl groups excluding tert-OH is 1. The molecule has 1 aliphatic rings. The predicted octanol–water partition coefficient (Wildman–Crippen LogP) is 2.71. The predicted molar refractivity (Wildman–Crippen MR) is 97.6 cm³/mol. The molecule has 136 valence electrons. The summed E-state index contributed by atoms with van der Waals surface area (Å²) in [6, 6.07) is 16.0. The topological polar surface area (TPSA) is 78.9 Å². The number of hydrogen-bond acceptors (Lipinski definition) is 4. The second-order valence-corrected chi connectivity index (χ2v) is 6.40. The number of benzene rings is 2. The van der Waals surface area contributed by atoms with Gasteiger partial charge in [0.25, 0.3) is 0 Å². The lowest BCUT2D eigenvalue weighted by molar-refractivity contribution is -0.120. The maximum absolute atomic E-state index is 12.6. The van der Waals surface area contributed by atoms with E-state index in [-0.39, 0.29) is 25.5 Å². The first-order valence-corrected chi connectivity index (χ1v) is 8.56. The summed E-state index contributed by atoms with van der Waals surface area (Å²) in [4.78, 5) is 26.3. The Bertz CT molecular complexity index is 778. The first kappa shape index (κ1) is 17.9. The lowest BCUT2D eigenvalue weighted by Gasteiger charge is -2.23. The number of anilines is 1. The highest BCUT2D eigenvalue weighted by atomic mass is 16.6. The van der Waals surface area contributed by atoms with Crippen LogP contribution in [-0.4, -0.2) is 40.7 Å². The Labute approximate surface area is 152 Å². The third-order valence-corrected chi connectivity index (χ3v) is 4.42. The van der Waals surface area contributed by atoms with Gasteiger partial charge in [-0.2, -0.15) is 0 Å². The molecule has 0 bridgehead atoms. The van der Waals surface area contributed by atoms with Crippen LogP contribution < -0.4 is 5.32 Å². The highest BCUT2D eigenvalue weighted by Crippen LogP contribution is 2.22. The molecule has 26 heavy (non-hydrogen) atoms. The van der Waals surface area contributed by atoms with Crippen molar-refractivity contribution in [2.75, 3.05) is 11.9 Å². The van der Waals surface area contributed by atoms with Crippen LogP contribution in [0.2, 0.25) is 0 Å². The van der Waals surface area contributed by atoms with E-state index in [0.29, 0.717) is 5.69 Å². The number of aliphatic hydroxyl groups is 1. The Morgan fingerprint density at radius 3 is 2.58 bits per heavy atom. The van der Waals surface area contributed by atoms with Gasteiger partial charge < -0.3 is 15.2 Å². The van der Waals surface area contributed by atoms with Gasteiger partial charge in [0, 0.05) is 12.1 Å². The van der Waals surface area contributed by atoms with Gasteiger partial charge in [0.05, 0.1) is 12.6 Å². The van der Waals surface area contributed by atoms with E-state index >= 15 is 0 Å². The van der Waals surface area contributed by atoms with E-state index in [1.807, 2.05) is 55.5 Å². The normalized spacial score (nSPS) is 19.2. The number of aryl methyl sites for hydroxylation is 1. The van der Waals surface area contributed by atoms with Gasteiger partial charge in [-0.25, -0.2) is 4.79 Å². The Morgan fingerprint density at radius 1 is 1.15 bits per heavy atom. The number of ether oxygens (including phenoxy) is 1. The molecule has 2 N–H and O–H groups in total. The number of nitrogens with one attached hydrogen (secondary N) is 1. The fraction of sp³-hybridized carbons (Fsp3) is 0.300. The Balaban J connectivity index is 1.65. The van der Waals surface area contributed by atoms with Crippen LogP contribution in [0.15, 0.2) is 54.6 Å². The van der Waals surface area contributed by atoms with Crippen molar-refractivity contribution < 1.29 is 19.4 Å². The number of likely N-dealkylation sites (tertiary alicyclic amines) is 1. The fourth-order valence-electron chi connectivity index (χ4n) is 3.00. The maximum atomic E-state index is 12.6. The molecule has 1 aliphatic heterocycles. The van der Waals surface area contributed by atoms with Crippen molar-refractivity contribution in [2.24, 2.45) is 0 Å². The standard InChI is InChI=1S/C20H22N2O4/c1-14-7-5-6-10-17(14)21-19(24)18-11-16(23)12-22(18)20(25)26-13-15-8-3-2-4-9-15/h2-10,16,18,23H,11-13H2,1H3,(H,21,24)/t16-,18+/m1/s1. The fourth-order valence-corrected chi connectivity index (χ4v) is 3.00. The van der Waals surface area contributed by atoms with Gasteiger partial charge in [-0.1, -0.05) is 48.5 Å². The minimum Gasteiger partial charge on any atom is -0.445 e. The molecule has 0 radical (unpaired) electrons. The van der Waals surface area contributed by atoms with Crippen molar-refractivity contribution in [3.8, 4) is 0 Å². The van der Waals surface area contributed by atoms with Crippen LogP contribution in [0.1, 0.15) is 17.5 Å². The number of rotatable bonds is 4. The number of hydrogen-bond donors (Lipinski definition) is 2. The van der Waals surface area contributed by atoms with Crippen molar-refractivity contribution >= 4 is 17.7 Å². The van der Waals surface area contributed by atoms with Crippen LogP contribution >= 0.6 is 0 Å². The zero-order valence-electron chi connectivity index (χ0n) is 14.6. The minimum absolute atomic E-state index is 0.0828. The SMILES string of the molecule is Cc1ccccc1NC(=O)[C@@H]1C[C@@H](O)CN1C(=O)OCc1ccccc1. The van der Waals surface area contributed by atoms with Gasteiger partial charge >= 0.3 is 6.09 Å². The van der Waals surface area contributed by atoms with E-state index in [0.717, 1.165) is 11.1 Å². The highest BCUT2D eigenvalue weighted by Gasteiger charge is 2.40. The van der Waals surface area contributed by atoms with Gasteiger partial charge in [-0.15, -0.1) is 0 Å². The molecule has 0 aliphatic carbocycles. The molecular formula is C20H22N2O4. The highest BCUT2D eigenvalue weighted by molar-refractivity contribution is 5.97. The Kier molecular flexibility index (Phi) is 5.53. The number of carbonyl (C=O) groups excluding carboxylic acids is 2.